The summed E-state index contributed by atoms with van der Waals surface area (Å²) in [6, 6.07) is 3.10. The first kappa shape index (κ1) is 13.0. The summed E-state index contributed by atoms with van der Waals surface area (Å²) in [5.74, 6) is 1.58. The van der Waals surface area contributed by atoms with Gasteiger partial charge in [-0.3, -0.25) is 4.79 Å². The van der Waals surface area contributed by atoms with Gasteiger partial charge < -0.3 is 9.47 Å². The lowest BCUT2D eigenvalue weighted by Crippen LogP contribution is -2.28. The van der Waals surface area contributed by atoms with Gasteiger partial charge in [0.15, 0.2) is 16.7 Å². The lowest BCUT2D eigenvalue weighted by atomic mass is 10.3. The molecular formula is C12H13ClN6O. The molecule has 0 aromatic carbocycles. The molecule has 0 radical (unpaired) electrons. The Hall–Kier alpha value is -2.02. The smallest absolute Gasteiger partial charge is 0.274 e. The van der Waals surface area contributed by atoms with Gasteiger partial charge in [-0.15, -0.1) is 20.4 Å². The third-order valence-corrected chi connectivity index (χ3v) is 3.46. The van der Waals surface area contributed by atoms with Gasteiger partial charge in [-0.05, 0) is 18.6 Å². The zero-order valence-electron chi connectivity index (χ0n) is 11.0. The monoisotopic (exact) mass is 292 g/mol. The second-order valence-electron chi connectivity index (χ2n) is 4.69. The Morgan fingerprint density at radius 1 is 1.35 bits per heavy atom. The Labute approximate surface area is 120 Å². The molecule has 20 heavy (non-hydrogen) atoms. The molecular weight excluding hydrogens is 280 g/mol. The number of halogens is 1. The molecule has 0 aliphatic carbocycles. The number of amides is 1. The molecule has 1 aliphatic heterocycles. The molecule has 0 saturated carbocycles. The van der Waals surface area contributed by atoms with Crippen molar-refractivity contribution in [3.05, 3.63) is 34.6 Å². The normalized spacial score (nSPS) is 13.3. The van der Waals surface area contributed by atoms with Crippen molar-refractivity contribution >= 4 is 17.5 Å². The molecule has 0 atom stereocenters. The highest BCUT2D eigenvalue weighted by Gasteiger charge is 2.21. The van der Waals surface area contributed by atoms with Crippen LogP contribution in [0.1, 0.15) is 28.6 Å². The maximum absolute atomic E-state index is 12.2. The van der Waals surface area contributed by atoms with Crippen molar-refractivity contribution in [2.24, 2.45) is 0 Å². The molecule has 0 N–H and O–H groups in total. The van der Waals surface area contributed by atoms with Crippen molar-refractivity contribution in [1.82, 2.24) is 29.9 Å². The average molecular weight is 293 g/mol. The maximum Gasteiger partial charge on any atom is 0.274 e. The van der Waals surface area contributed by atoms with E-state index in [9.17, 15) is 4.79 Å². The van der Waals surface area contributed by atoms with Crippen LogP contribution in [-0.4, -0.2) is 42.8 Å². The van der Waals surface area contributed by atoms with Crippen molar-refractivity contribution < 1.29 is 4.79 Å². The van der Waals surface area contributed by atoms with Crippen LogP contribution < -0.4 is 0 Å². The number of carbonyl (C=O) groups is 1. The number of aryl methyl sites for hydroxylation is 1. The van der Waals surface area contributed by atoms with Gasteiger partial charge in [0.1, 0.15) is 5.82 Å². The second-order valence-corrected chi connectivity index (χ2v) is 5.08. The van der Waals surface area contributed by atoms with Crippen LogP contribution in [0, 0.1) is 0 Å². The largest absolute Gasteiger partial charge is 0.333 e. The molecule has 2 aromatic rings. The van der Waals surface area contributed by atoms with Gasteiger partial charge in [0.25, 0.3) is 5.91 Å². The predicted octanol–water partition coefficient (Wildman–Crippen LogP) is 0.940. The highest BCUT2D eigenvalue weighted by atomic mass is 35.5. The van der Waals surface area contributed by atoms with Gasteiger partial charge in [0.05, 0.1) is 6.54 Å². The first-order valence-electron chi connectivity index (χ1n) is 6.31. The Balaban J connectivity index is 1.74. The van der Waals surface area contributed by atoms with Gasteiger partial charge in [-0.1, -0.05) is 11.6 Å². The number of rotatable bonds is 3. The highest BCUT2D eigenvalue weighted by molar-refractivity contribution is 6.29. The Morgan fingerprint density at radius 3 is 2.95 bits per heavy atom. The molecule has 7 nitrogen and oxygen atoms in total. The van der Waals surface area contributed by atoms with Gasteiger partial charge in [-0.25, -0.2) is 0 Å². The lowest BCUT2D eigenvalue weighted by molar-refractivity contribution is 0.0773. The summed E-state index contributed by atoms with van der Waals surface area (Å²) in [5, 5.41) is 16.0. The van der Waals surface area contributed by atoms with E-state index in [1.807, 2.05) is 0 Å². The number of hydrogen-bond donors (Lipinski definition) is 0. The first-order chi connectivity index (χ1) is 9.65. The molecule has 0 bridgehead atoms. The molecule has 1 amide bonds. The third kappa shape index (κ3) is 2.36. The molecule has 0 saturated heterocycles. The van der Waals surface area contributed by atoms with Gasteiger partial charge >= 0.3 is 0 Å². The van der Waals surface area contributed by atoms with E-state index in [1.54, 1.807) is 24.1 Å². The first-order valence-corrected chi connectivity index (χ1v) is 6.68. The quantitative estimate of drug-likeness (QED) is 0.841. The van der Waals surface area contributed by atoms with Gasteiger partial charge in [-0.2, -0.15) is 0 Å². The molecule has 1 aliphatic rings. The van der Waals surface area contributed by atoms with E-state index in [2.05, 4.69) is 25.0 Å². The maximum atomic E-state index is 12.2. The minimum atomic E-state index is -0.218. The minimum Gasteiger partial charge on any atom is -0.333 e. The Morgan fingerprint density at radius 2 is 2.20 bits per heavy atom. The Bertz CT molecular complexity index is 638. The molecule has 0 fully saturated rings. The van der Waals surface area contributed by atoms with Crippen LogP contribution in [-0.2, 0) is 19.5 Å². The standard InChI is InChI=1S/C12H13ClN6O/c1-18(12(20)8-4-5-9(13)15-14-8)7-11-17-16-10-3-2-6-19(10)11/h4-5H,2-3,6-7H2,1H3. The van der Waals surface area contributed by atoms with Crippen LogP contribution in [0.5, 0.6) is 0 Å². The Kier molecular flexibility index (Phi) is 3.35. The average Bonchev–Trinajstić information content (AvgIpc) is 3.04. The van der Waals surface area contributed by atoms with Crippen LogP contribution >= 0.6 is 11.6 Å². The summed E-state index contributed by atoms with van der Waals surface area (Å²) in [7, 11) is 1.70. The van der Waals surface area contributed by atoms with Crippen LogP contribution in [0.4, 0.5) is 0 Å². The van der Waals surface area contributed by atoms with Crippen LogP contribution in [0.2, 0.25) is 5.15 Å². The number of hydrogen-bond acceptors (Lipinski definition) is 5. The predicted molar refractivity (Wildman–Crippen MR) is 71.2 cm³/mol. The van der Waals surface area contributed by atoms with Crippen molar-refractivity contribution in [2.45, 2.75) is 25.9 Å². The van der Waals surface area contributed by atoms with Gasteiger partial charge in [0.2, 0.25) is 0 Å². The summed E-state index contributed by atoms with van der Waals surface area (Å²) >= 11 is 5.65. The van der Waals surface area contributed by atoms with E-state index < -0.39 is 0 Å². The number of fused-ring (bicyclic) bond motifs is 1. The number of carbonyl (C=O) groups excluding carboxylic acids is 1. The van der Waals surface area contributed by atoms with E-state index in [4.69, 9.17) is 11.6 Å². The van der Waals surface area contributed by atoms with Crippen LogP contribution in [0.25, 0.3) is 0 Å². The van der Waals surface area contributed by atoms with Crippen LogP contribution in [0.3, 0.4) is 0 Å². The molecule has 104 valence electrons. The summed E-state index contributed by atoms with van der Waals surface area (Å²) in [5.41, 5.74) is 0.262. The lowest BCUT2D eigenvalue weighted by Gasteiger charge is -2.15. The van der Waals surface area contributed by atoms with E-state index in [-0.39, 0.29) is 16.8 Å². The summed E-state index contributed by atoms with van der Waals surface area (Å²) in [6.45, 7) is 1.32. The fourth-order valence-corrected chi connectivity index (χ4v) is 2.34. The van der Waals surface area contributed by atoms with E-state index >= 15 is 0 Å². The topological polar surface area (TPSA) is 76.8 Å². The molecule has 2 aromatic heterocycles. The summed E-state index contributed by atoms with van der Waals surface area (Å²) in [4.78, 5) is 13.8. The van der Waals surface area contributed by atoms with Crippen molar-refractivity contribution in [3.8, 4) is 0 Å². The van der Waals surface area contributed by atoms with E-state index in [1.165, 1.54) is 0 Å². The fourth-order valence-electron chi connectivity index (χ4n) is 2.24. The number of nitrogens with zero attached hydrogens (tertiary/aromatic N) is 6. The SMILES string of the molecule is CN(Cc1nnc2n1CCC2)C(=O)c1ccc(Cl)nn1. The fraction of sp³-hybridized carbons (Fsp3) is 0.417. The van der Waals surface area contributed by atoms with Crippen molar-refractivity contribution in [3.63, 3.8) is 0 Å². The van der Waals surface area contributed by atoms with Gasteiger partial charge in [0, 0.05) is 20.0 Å². The van der Waals surface area contributed by atoms with Crippen molar-refractivity contribution in [2.75, 3.05) is 7.05 Å². The molecule has 3 heterocycles. The highest BCUT2D eigenvalue weighted by Crippen LogP contribution is 2.15. The molecule has 8 heteroatoms. The van der Waals surface area contributed by atoms with Crippen molar-refractivity contribution in [1.29, 1.82) is 0 Å². The summed E-state index contributed by atoms with van der Waals surface area (Å²) < 4.78 is 2.07. The van der Waals surface area contributed by atoms with E-state index in [0.29, 0.717) is 6.54 Å². The second kappa shape index (κ2) is 5.16. The zero-order valence-corrected chi connectivity index (χ0v) is 11.7. The molecule has 0 unspecified atom stereocenters. The summed E-state index contributed by atoms with van der Waals surface area (Å²) in [6.07, 6.45) is 2.03. The van der Waals surface area contributed by atoms with Crippen LogP contribution in [0.15, 0.2) is 12.1 Å². The number of aromatic nitrogens is 5. The molecule has 3 rings (SSSR count). The minimum absolute atomic E-state index is 0.218. The zero-order chi connectivity index (χ0) is 14.1. The van der Waals surface area contributed by atoms with E-state index in [0.717, 1.165) is 31.0 Å². The third-order valence-electron chi connectivity index (χ3n) is 3.26. The molecule has 0 spiro atoms.